The van der Waals surface area contributed by atoms with Crippen LogP contribution in [0.1, 0.15) is 5.76 Å². The van der Waals surface area contributed by atoms with Gasteiger partial charge in [0, 0.05) is 16.8 Å². The maximum atomic E-state index is 6.69. The van der Waals surface area contributed by atoms with Crippen LogP contribution in [0.5, 0.6) is 0 Å². The molecule has 1 aliphatic heterocycles. The fourth-order valence-electron chi connectivity index (χ4n) is 6.02. The predicted molar refractivity (Wildman–Crippen MR) is 175 cm³/mol. The van der Waals surface area contributed by atoms with Crippen molar-refractivity contribution in [1.29, 1.82) is 0 Å². The first kappa shape index (κ1) is 24.3. The Labute approximate surface area is 245 Å². The molecule has 1 aliphatic carbocycles. The quantitative estimate of drug-likeness (QED) is 0.236. The molecule has 42 heavy (non-hydrogen) atoms. The Kier molecular flexibility index (Phi) is 5.86. The molecule has 0 fully saturated rings. The van der Waals surface area contributed by atoms with Gasteiger partial charge in [0.2, 0.25) is 0 Å². The van der Waals surface area contributed by atoms with Crippen molar-refractivity contribution in [2.24, 2.45) is 0 Å². The monoisotopic (exact) mass is 540 g/mol. The van der Waals surface area contributed by atoms with Crippen molar-refractivity contribution in [1.82, 2.24) is 0 Å². The molecule has 8 rings (SSSR count). The zero-order chi connectivity index (χ0) is 27.9. The lowest BCUT2D eigenvalue weighted by Gasteiger charge is -2.26. The Balaban J connectivity index is 1.33. The van der Waals surface area contributed by atoms with Gasteiger partial charge in [-0.1, -0.05) is 115 Å². The molecule has 1 unspecified atom stereocenters. The number of hydrogen-bond donors (Lipinski definition) is 1. The third kappa shape index (κ3) is 4.23. The molecule has 1 atom stereocenters. The van der Waals surface area contributed by atoms with Crippen molar-refractivity contribution in [3.63, 3.8) is 0 Å². The number of benzene rings is 5. The van der Waals surface area contributed by atoms with Gasteiger partial charge in [-0.15, -0.1) is 0 Å². The maximum Gasteiger partial charge on any atom is 0.160 e. The van der Waals surface area contributed by atoms with Crippen molar-refractivity contribution in [2.75, 3.05) is 10.2 Å². The van der Waals surface area contributed by atoms with Crippen LogP contribution in [0, 0.1) is 0 Å². The second-order valence-corrected chi connectivity index (χ2v) is 10.7. The summed E-state index contributed by atoms with van der Waals surface area (Å²) in [5, 5.41) is 4.78. The van der Waals surface area contributed by atoms with Crippen LogP contribution in [0.4, 0.5) is 22.7 Å². The van der Waals surface area contributed by atoms with E-state index in [9.17, 15) is 0 Å². The topological polar surface area (TPSA) is 28.4 Å². The van der Waals surface area contributed by atoms with Gasteiger partial charge >= 0.3 is 0 Å². The van der Waals surface area contributed by atoms with Crippen molar-refractivity contribution in [3.05, 3.63) is 163 Å². The fourth-order valence-corrected chi connectivity index (χ4v) is 6.02. The number of para-hydroxylation sites is 1. The van der Waals surface area contributed by atoms with Crippen LogP contribution in [0.3, 0.4) is 0 Å². The number of allylic oxidation sites excluding steroid dienone is 2. The lowest BCUT2D eigenvalue weighted by Crippen LogP contribution is -2.22. The van der Waals surface area contributed by atoms with E-state index in [0.29, 0.717) is 0 Å². The van der Waals surface area contributed by atoms with E-state index in [-0.39, 0.29) is 6.04 Å². The molecular formula is C39H28N2O. The number of furan rings is 1. The first-order valence-corrected chi connectivity index (χ1v) is 14.3. The Bertz CT molecular complexity index is 1930. The highest BCUT2D eigenvalue weighted by Gasteiger charge is 2.26. The first-order valence-electron chi connectivity index (χ1n) is 14.3. The molecule has 3 nitrogen and oxygen atoms in total. The van der Waals surface area contributed by atoms with Gasteiger partial charge in [0.15, 0.2) is 11.3 Å². The zero-order valence-electron chi connectivity index (χ0n) is 22.9. The average Bonchev–Trinajstić information content (AvgIpc) is 3.43. The van der Waals surface area contributed by atoms with Gasteiger partial charge in [-0.25, -0.2) is 0 Å². The molecule has 0 amide bonds. The number of fused-ring (bicyclic) bond motifs is 4. The second-order valence-electron chi connectivity index (χ2n) is 10.7. The lowest BCUT2D eigenvalue weighted by atomic mass is 9.97. The molecule has 6 aromatic rings. The normalized spacial score (nSPS) is 15.0. The lowest BCUT2D eigenvalue weighted by molar-refractivity contribution is 0.603. The van der Waals surface area contributed by atoms with Gasteiger partial charge in [-0.3, -0.25) is 0 Å². The summed E-state index contributed by atoms with van der Waals surface area (Å²) in [7, 11) is 0. The Morgan fingerprint density at radius 2 is 1.21 bits per heavy atom. The highest BCUT2D eigenvalue weighted by atomic mass is 16.3. The van der Waals surface area contributed by atoms with E-state index in [1.165, 1.54) is 16.7 Å². The number of anilines is 4. The molecule has 3 heteroatoms. The van der Waals surface area contributed by atoms with Gasteiger partial charge in [0.1, 0.15) is 0 Å². The van der Waals surface area contributed by atoms with E-state index < -0.39 is 0 Å². The molecule has 2 heterocycles. The molecule has 1 aromatic heterocycles. The summed E-state index contributed by atoms with van der Waals surface area (Å²) in [6.45, 7) is 0. The van der Waals surface area contributed by atoms with Crippen LogP contribution in [0.15, 0.2) is 162 Å². The minimum atomic E-state index is 0.146. The second kappa shape index (κ2) is 10.1. The van der Waals surface area contributed by atoms with Gasteiger partial charge in [-0.2, -0.15) is 0 Å². The van der Waals surface area contributed by atoms with Crippen molar-refractivity contribution >= 4 is 39.8 Å². The minimum absolute atomic E-state index is 0.146. The molecule has 0 saturated heterocycles. The summed E-state index contributed by atoms with van der Waals surface area (Å²) in [5.41, 5.74) is 10.9. The summed E-state index contributed by atoms with van der Waals surface area (Å²) >= 11 is 0. The largest absolute Gasteiger partial charge is 0.452 e. The van der Waals surface area contributed by atoms with Gasteiger partial charge in [0.25, 0.3) is 0 Å². The van der Waals surface area contributed by atoms with E-state index in [2.05, 4.69) is 168 Å². The van der Waals surface area contributed by atoms with E-state index in [4.69, 9.17) is 4.42 Å². The summed E-state index contributed by atoms with van der Waals surface area (Å²) in [4.78, 5) is 2.32. The van der Waals surface area contributed by atoms with Crippen LogP contribution < -0.4 is 10.2 Å². The van der Waals surface area contributed by atoms with Gasteiger partial charge in [0.05, 0.1) is 17.4 Å². The summed E-state index contributed by atoms with van der Waals surface area (Å²) < 4.78 is 6.69. The molecule has 0 bridgehead atoms. The summed E-state index contributed by atoms with van der Waals surface area (Å²) in [6, 6.07) is 45.1. The summed E-state index contributed by atoms with van der Waals surface area (Å²) in [5.74, 6) is 0.861. The zero-order valence-corrected chi connectivity index (χ0v) is 22.9. The Morgan fingerprint density at radius 1 is 0.595 bits per heavy atom. The van der Waals surface area contributed by atoms with E-state index in [0.717, 1.165) is 50.6 Å². The van der Waals surface area contributed by atoms with Crippen LogP contribution in [-0.2, 0) is 0 Å². The first-order chi connectivity index (χ1) is 20.8. The van der Waals surface area contributed by atoms with Crippen molar-refractivity contribution in [3.8, 4) is 22.3 Å². The highest BCUT2D eigenvalue weighted by Crippen LogP contribution is 2.46. The molecule has 0 saturated carbocycles. The van der Waals surface area contributed by atoms with Gasteiger partial charge in [-0.05, 0) is 70.3 Å². The Hall–Kier alpha value is -5.54. The van der Waals surface area contributed by atoms with Crippen LogP contribution in [0.25, 0.3) is 39.3 Å². The molecule has 200 valence electrons. The minimum Gasteiger partial charge on any atom is -0.452 e. The maximum absolute atomic E-state index is 6.69. The van der Waals surface area contributed by atoms with Crippen molar-refractivity contribution < 1.29 is 4.42 Å². The van der Waals surface area contributed by atoms with E-state index in [1.807, 2.05) is 0 Å². The predicted octanol–water partition coefficient (Wildman–Crippen LogP) is 10.5. The fraction of sp³-hybridized carbons (Fsp3) is 0.0256. The molecular weight excluding hydrogens is 512 g/mol. The van der Waals surface area contributed by atoms with Crippen LogP contribution in [0.2, 0.25) is 0 Å². The number of rotatable bonds is 5. The van der Waals surface area contributed by atoms with E-state index >= 15 is 0 Å². The number of nitrogens with one attached hydrogen (secondary N) is 1. The summed E-state index contributed by atoms with van der Waals surface area (Å²) in [6.07, 6.45) is 10.7. The Morgan fingerprint density at radius 3 is 1.88 bits per heavy atom. The SMILES string of the molecule is C1=CC2=Cc3oc4c(N(c5cccc(-c6ccccc6)c5)c5cccc(-c6ccccc6)c5)cccc4c3NC2C=C1. The van der Waals surface area contributed by atoms with Gasteiger partial charge < -0.3 is 14.6 Å². The molecule has 0 spiro atoms. The number of hydrogen-bond acceptors (Lipinski definition) is 3. The van der Waals surface area contributed by atoms with Crippen LogP contribution >= 0.6 is 0 Å². The number of nitrogens with zero attached hydrogens (tertiary/aromatic N) is 1. The molecule has 0 radical (unpaired) electrons. The van der Waals surface area contributed by atoms with E-state index in [1.54, 1.807) is 0 Å². The highest BCUT2D eigenvalue weighted by molar-refractivity contribution is 6.05. The smallest absolute Gasteiger partial charge is 0.160 e. The molecule has 5 aromatic carbocycles. The van der Waals surface area contributed by atoms with Crippen LogP contribution in [-0.4, -0.2) is 6.04 Å². The molecule has 1 N–H and O–H groups in total. The average molecular weight is 541 g/mol. The molecule has 2 aliphatic rings. The van der Waals surface area contributed by atoms with Crippen molar-refractivity contribution in [2.45, 2.75) is 6.04 Å². The third-order valence-electron chi connectivity index (χ3n) is 8.05. The standard InChI is InChI=1S/C39H28N2O/c1-3-12-27(13-4-1)29-17-9-19-32(24-29)41(33-20-10-18-30(25-33)28-14-5-2-6-15-28)36-23-11-21-34-38-37(42-39(34)36)26-31-16-7-8-22-35(31)40-38/h1-26,35,40H. The third-order valence-corrected chi connectivity index (χ3v) is 8.05.